The second-order valence-corrected chi connectivity index (χ2v) is 6.73. The first-order valence-corrected chi connectivity index (χ1v) is 9.68. The van der Waals surface area contributed by atoms with Crippen LogP contribution in [-0.2, 0) is 20.7 Å². The topological polar surface area (TPSA) is 73.9 Å². The van der Waals surface area contributed by atoms with Gasteiger partial charge in [-0.15, -0.1) is 0 Å². The summed E-state index contributed by atoms with van der Waals surface area (Å²) in [5.41, 5.74) is 3.02. The minimum atomic E-state index is -0.588. The number of amides is 1. The molecule has 2 aromatic rings. The van der Waals surface area contributed by atoms with Crippen molar-refractivity contribution >= 4 is 18.0 Å². The summed E-state index contributed by atoms with van der Waals surface area (Å²) in [6.07, 6.45) is 3.86. The fraction of sp³-hybridized carbons (Fsp3) is 0.304. The predicted octanol–water partition coefficient (Wildman–Crippen LogP) is 3.45. The van der Waals surface area contributed by atoms with E-state index in [1.165, 1.54) is 11.6 Å². The number of esters is 1. The standard InChI is InChI=1S/C23H25NO5/c1-3-17-4-8-19(9-5-17)16(2)24-22(25)15-29-23(26)11-7-18-6-10-20-21(14-18)28-13-12-27-20/h4-11,14,16H,3,12-13,15H2,1-2H3,(H,24,25)/b11-7+/t16-/m0/s1. The van der Waals surface area contributed by atoms with Gasteiger partial charge in [-0.2, -0.15) is 0 Å². The highest BCUT2D eigenvalue weighted by Gasteiger charge is 2.12. The van der Waals surface area contributed by atoms with Gasteiger partial charge in [0.25, 0.3) is 5.91 Å². The zero-order valence-corrected chi connectivity index (χ0v) is 16.6. The Morgan fingerprint density at radius 3 is 2.55 bits per heavy atom. The second kappa shape index (κ2) is 9.78. The third kappa shape index (κ3) is 5.85. The summed E-state index contributed by atoms with van der Waals surface area (Å²) < 4.78 is 16.0. The van der Waals surface area contributed by atoms with Crippen molar-refractivity contribution in [1.29, 1.82) is 0 Å². The van der Waals surface area contributed by atoms with Crippen molar-refractivity contribution < 1.29 is 23.8 Å². The molecule has 0 spiro atoms. The number of fused-ring (bicyclic) bond motifs is 1. The number of rotatable bonds is 7. The summed E-state index contributed by atoms with van der Waals surface area (Å²) in [5.74, 6) is 0.395. The highest BCUT2D eigenvalue weighted by Crippen LogP contribution is 2.31. The van der Waals surface area contributed by atoms with Crippen molar-refractivity contribution in [3.8, 4) is 11.5 Å². The minimum Gasteiger partial charge on any atom is -0.486 e. The molecule has 1 aliphatic heterocycles. The lowest BCUT2D eigenvalue weighted by Crippen LogP contribution is -2.30. The van der Waals surface area contributed by atoms with E-state index >= 15 is 0 Å². The first-order chi connectivity index (χ1) is 14.0. The molecule has 2 aromatic carbocycles. The largest absolute Gasteiger partial charge is 0.486 e. The molecule has 1 atom stereocenters. The van der Waals surface area contributed by atoms with Crippen LogP contribution in [0.4, 0.5) is 0 Å². The molecule has 0 radical (unpaired) electrons. The first-order valence-electron chi connectivity index (χ1n) is 9.68. The highest BCUT2D eigenvalue weighted by atomic mass is 16.6. The Bertz CT molecular complexity index is 889. The first kappa shape index (κ1) is 20.5. The Balaban J connectivity index is 1.45. The van der Waals surface area contributed by atoms with E-state index in [0.717, 1.165) is 17.5 Å². The lowest BCUT2D eigenvalue weighted by Gasteiger charge is -2.18. The van der Waals surface area contributed by atoms with E-state index in [2.05, 4.69) is 12.2 Å². The van der Waals surface area contributed by atoms with Crippen LogP contribution in [0.25, 0.3) is 6.08 Å². The van der Waals surface area contributed by atoms with Gasteiger partial charge in [-0.1, -0.05) is 37.3 Å². The Labute approximate surface area is 170 Å². The van der Waals surface area contributed by atoms with E-state index in [1.807, 2.05) is 37.3 Å². The van der Waals surface area contributed by atoms with Gasteiger partial charge in [0.2, 0.25) is 0 Å². The molecule has 3 rings (SSSR count). The van der Waals surface area contributed by atoms with E-state index in [-0.39, 0.29) is 18.6 Å². The quantitative estimate of drug-likeness (QED) is 0.574. The Hall–Kier alpha value is -3.28. The van der Waals surface area contributed by atoms with Gasteiger partial charge in [-0.25, -0.2) is 4.79 Å². The third-order valence-electron chi connectivity index (χ3n) is 4.59. The molecular formula is C23H25NO5. The maximum Gasteiger partial charge on any atom is 0.331 e. The van der Waals surface area contributed by atoms with Gasteiger partial charge in [-0.3, -0.25) is 4.79 Å². The molecule has 0 fully saturated rings. The lowest BCUT2D eigenvalue weighted by molar-refractivity contribution is -0.144. The summed E-state index contributed by atoms with van der Waals surface area (Å²) in [6, 6.07) is 13.3. The van der Waals surface area contributed by atoms with Gasteiger partial charge in [0.1, 0.15) is 13.2 Å². The van der Waals surface area contributed by atoms with Crippen LogP contribution in [0.3, 0.4) is 0 Å². The van der Waals surface area contributed by atoms with Crippen molar-refractivity contribution in [1.82, 2.24) is 5.32 Å². The Morgan fingerprint density at radius 2 is 1.83 bits per heavy atom. The molecule has 0 aliphatic carbocycles. The van der Waals surface area contributed by atoms with Crippen LogP contribution in [-0.4, -0.2) is 31.7 Å². The molecule has 0 unspecified atom stereocenters. The molecular weight excluding hydrogens is 370 g/mol. The average Bonchev–Trinajstić information content (AvgIpc) is 2.76. The molecule has 29 heavy (non-hydrogen) atoms. The van der Waals surface area contributed by atoms with Gasteiger partial charge >= 0.3 is 5.97 Å². The van der Waals surface area contributed by atoms with Crippen molar-refractivity contribution in [3.05, 3.63) is 65.2 Å². The number of hydrogen-bond donors (Lipinski definition) is 1. The van der Waals surface area contributed by atoms with Crippen LogP contribution in [0.1, 0.15) is 36.6 Å². The van der Waals surface area contributed by atoms with Crippen molar-refractivity contribution in [2.45, 2.75) is 26.3 Å². The van der Waals surface area contributed by atoms with Gasteiger partial charge in [-0.05, 0) is 48.2 Å². The van der Waals surface area contributed by atoms with E-state index in [1.54, 1.807) is 18.2 Å². The summed E-state index contributed by atoms with van der Waals surface area (Å²) in [6.45, 7) is 4.68. The van der Waals surface area contributed by atoms with Gasteiger partial charge in [0.05, 0.1) is 6.04 Å². The van der Waals surface area contributed by atoms with Gasteiger partial charge in [0.15, 0.2) is 18.1 Å². The number of hydrogen-bond acceptors (Lipinski definition) is 5. The Morgan fingerprint density at radius 1 is 1.10 bits per heavy atom. The Kier molecular flexibility index (Phi) is 6.89. The molecule has 0 aromatic heterocycles. The van der Waals surface area contributed by atoms with Crippen LogP contribution in [0.15, 0.2) is 48.5 Å². The smallest absolute Gasteiger partial charge is 0.331 e. The van der Waals surface area contributed by atoms with Crippen LogP contribution in [0, 0.1) is 0 Å². The molecule has 1 amide bonds. The van der Waals surface area contributed by atoms with Crippen molar-refractivity contribution in [3.63, 3.8) is 0 Å². The van der Waals surface area contributed by atoms with Crippen LogP contribution >= 0.6 is 0 Å². The molecule has 0 saturated carbocycles. The fourth-order valence-corrected chi connectivity index (χ4v) is 2.92. The SMILES string of the molecule is CCc1ccc([C@H](C)NC(=O)COC(=O)/C=C/c2ccc3c(c2)OCCO3)cc1. The number of carbonyl (C=O) groups excluding carboxylic acids is 2. The fourth-order valence-electron chi connectivity index (χ4n) is 2.92. The van der Waals surface area contributed by atoms with E-state index in [4.69, 9.17) is 14.2 Å². The normalized spacial score (nSPS) is 13.7. The number of ether oxygens (including phenoxy) is 3. The third-order valence-corrected chi connectivity index (χ3v) is 4.59. The molecule has 6 nitrogen and oxygen atoms in total. The number of carbonyl (C=O) groups is 2. The number of benzene rings is 2. The lowest BCUT2D eigenvalue weighted by atomic mass is 10.1. The molecule has 152 valence electrons. The number of aryl methyl sites for hydroxylation is 1. The molecule has 1 aliphatic rings. The van der Waals surface area contributed by atoms with Crippen LogP contribution in [0.5, 0.6) is 11.5 Å². The van der Waals surface area contributed by atoms with Gasteiger partial charge < -0.3 is 19.5 Å². The van der Waals surface area contributed by atoms with Crippen molar-refractivity contribution in [2.24, 2.45) is 0 Å². The predicted molar refractivity (Wildman–Crippen MR) is 110 cm³/mol. The van der Waals surface area contributed by atoms with Crippen LogP contribution < -0.4 is 14.8 Å². The summed E-state index contributed by atoms with van der Waals surface area (Å²) in [5, 5.41) is 2.83. The van der Waals surface area contributed by atoms with Crippen LogP contribution in [0.2, 0.25) is 0 Å². The molecule has 0 saturated heterocycles. The van der Waals surface area contributed by atoms with E-state index in [9.17, 15) is 9.59 Å². The number of nitrogens with one attached hydrogen (secondary N) is 1. The molecule has 6 heteroatoms. The highest BCUT2D eigenvalue weighted by molar-refractivity contribution is 5.89. The maximum atomic E-state index is 12.0. The average molecular weight is 395 g/mol. The molecule has 1 heterocycles. The summed E-state index contributed by atoms with van der Waals surface area (Å²) in [4.78, 5) is 23.9. The molecule has 1 N–H and O–H groups in total. The van der Waals surface area contributed by atoms with E-state index < -0.39 is 5.97 Å². The summed E-state index contributed by atoms with van der Waals surface area (Å²) >= 11 is 0. The second-order valence-electron chi connectivity index (χ2n) is 6.73. The van der Waals surface area contributed by atoms with Gasteiger partial charge in [0, 0.05) is 6.08 Å². The maximum absolute atomic E-state index is 12.0. The van der Waals surface area contributed by atoms with E-state index in [0.29, 0.717) is 24.7 Å². The van der Waals surface area contributed by atoms with Crippen molar-refractivity contribution in [2.75, 3.05) is 19.8 Å². The minimum absolute atomic E-state index is 0.166. The molecule has 0 bridgehead atoms. The zero-order chi connectivity index (χ0) is 20.6. The monoisotopic (exact) mass is 395 g/mol. The zero-order valence-electron chi connectivity index (χ0n) is 16.6. The summed E-state index contributed by atoms with van der Waals surface area (Å²) in [7, 11) is 0.